The number of hydrogen-bond donors (Lipinski definition) is 0. The summed E-state index contributed by atoms with van der Waals surface area (Å²) in [5, 5.41) is 0. The fraction of sp³-hybridized carbons (Fsp3) is 1.00. The molecule has 70 valence electrons. The van der Waals surface area contributed by atoms with Crippen LogP contribution in [0.5, 0.6) is 0 Å². The van der Waals surface area contributed by atoms with Gasteiger partial charge in [-0.05, 0) is 24.2 Å². The van der Waals surface area contributed by atoms with Crippen LogP contribution in [-0.2, 0) is 0 Å². The molecule has 2 rings (SSSR count). The Labute approximate surface area is 76.7 Å². The highest BCUT2D eigenvalue weighted by atomic mass is 14.3. The molecule has 0 saturated heterocycles. The Hall–Kier alpha value is 0. The third-order valence-electron chi connectivity index (χ3n) is 4.12. The van der Waals surface area contributed by atoms with Gasteiger partial charge in [0.15, 0.2) is 0 Å². The molecule has 0 spiro atoms. The van der Waals surface area contributed by atoms with Gasteiger partial charge in [0.25, 0.3) is 0 Å². The van der Waals surface area contributed by atoms with Crippen molar-refractivity contribution in [3.63, 3.8) is 0 Å². The lowest BCUT2D eigenvalue weighted by molar-refractivity contribution is 0.268. The molecule has 0 amide bonds. The highest BCUT2D eigenvalue weighted by molar-refractivity contribution is 4.79. The molecular weight excluding hydrogens is 144 g/mol. The third-order valence-corrected chi connectivity index (χ3v) is 4.12. The SMILES string of the molecule is CC1CCCC2CCCC2CC1. The van der Waals surface area contributed by atoms with E-state index in [-0.39, 0.29) is 0 Å². The maximum atomic E-state index is 2.44. The van der Waals surface area contributed by atoms with E-state index in [1.165, 1.54) is 25.7 Å². The molecule has 0 bridgehead atoms. The minimum Gasteiger partial charge on any atom is -0.0625 e. The first kappa shape index (κ1) is 8.59. The van der Waals surface area contributed by atoms with Crippen LogP contribution in [0.1, 0.15) is 58.3 Å². The van der Waals surface area contributed by atoms with E-state index in [0.717, 1.165) is 17.8 Å². The van der Waals surface area contributed by atoms with Gasteiger partial charge in [0.1, 0.15) is 0 Å². The van der Waals surface area contributed by atoms with Crippen LogP contribution in [0, 0.1) is 17.8 Å². The van der Waals surface area contributed by atoms with Crippen LogP contribution >= 0.6 is 0 Å². The van der Waals surface area contributed by atoms with Crippen molar-refractivity contribution >= 4 is 0 Å². The molecule has 0 aromatic carbocycles. The Morgan fingerprint density at radius 3 is 2.00 bits per heavy atom. The molecule has 3 unspecified atom stereocenters. The van der Waals surface area contributed by atoms with Crippen LogP contribution in [0.4, 0.5) is 0 Å². The molecule has 0 aromatic rings. The van der Waals surface area contributed by atoms with Crippen molar-refractivity contribution in [1.29, 1.82) is 0 Å². The smallest absolute Gasteiger partial charge is 0.0386 e. The van der Waals surface area contributed by atoms with E-state index >= 15 is 0 Å². The van der Waals surface area contributed by atoms with Crippen LogP contribution in [0.15, 0.2) is 0 Å². The van der Waals surface area contributed by atoms with Crippen molar-refractivity contribution in [3.8, 4) is 0 Å². The third kappa shape index (κ3) is 1.84. The zero-order valence-electron chi connectivity index (χ0n) is 8.39. The summed E-state index contributed by atoms with van der Waals surface area (Å²) in [4.78, 5) is 0. The van der Waals surface area contributed by atoms with Gasteiger partial charge in [-0.25, -0.2) is 0 Å². The van der Waals surface area contributed by atoms with E-state index in [4.69, 9.17) is 0 Å². The molecule has 12 heavy (non-hydrogen) atoms. The van der Waals surface area contributed by atoms with Gasteiger partial charge in [-0.2, -0.15) is 0 Å². The highest BCUT2D eigenvalue weighted by Gasteiger charge is 2.28. The van der Waals surface area contributed by atoms with Crippen molar-refractivity contribution in [1.82, 2.24) is 0 Å². The number of hydrogen-bond acceptors (Lipinski definition) is 0. The summed E-state index contributed by atoms with van der Waals surface area (Å²) < 4.78 is 0. The highest BCUT2D eigenvalue weighted by Crippen LogP contribution is 2.40. The second kappa shape index (κ2) is 3.81. The lowest BCUT2D eigenvalue weighted by Crippen LogP contribution is -2.13. The zero-order valence-corrected chi connectivity index (χ0v) is 8.39. The number of rotatable bonds is 0. The molecule has 0 aliphatic heterocycles. The van der Waals surface area contributed by atoms with Crippen LogP contribution in [-0.4, -0.2) is 0 Å². The van der Waals surface area contributed by atoms with Gasteiger partial charge in [0, 0.05) is 0 Å². The lowest BCUT2D eigenvalue weighted by atomic mass is 9.81. The summed E-state index contributed by atoms with van der Waals surface area (Å²) in [6.07, 6.45) is 12.3. The Morgan fingerprint density at radius 2 is 1.25 bits per heavy atom. The first-order chi connectivity index (χ1) is 5.86. The summed E-state index contributed by atoms with van der Waals surface area (Å²) >= 11 is 0. The predicted molar refractivity (Wildman–Crippen MR) is 53.1 cm³/mol. The predicted octanol–water partition coefficient (Wildman–Crippen LogP) is 4.00. The Kier molecular flexibility index (Phi) is 2.73. The minimum absolute atomic E-state index is 1.02. The van der Waals surface area contributed by atoms with Gasteiger partial charge in [-0.15, -0.1) is 0 Å². The molecule has 3 atom stereocenters. The van der Waals surface area contributed by atoms with Gasteiger partial charge >= 0.3 is 0 Å². The first-order valence-electron chi connectivity index (χ1n) is 5.86. The molecule has 2 fully saturated rings. The van der Waals surface area contributed by atoms with Crippen molar-refractivity contribution in [2.75, 3.05) is 0 Å². The van der Waals surface area contributed by atoms with Crippen LogP contribution < -0.4 is 0 Å². The topological polar surface area (TPSA) is 0 Å². The molecule has 0 radical (unpaired) electrons. The van der Waals surface area contributed by atoms with Gasteiger partial charge in [0.2, 0.25) is 0 Å². The van der Waals surface area contributed by atoms with Crippen LogP contribution in [0.25, 0.3) is 0 Å². The van der Waals surface area contributed by atoms with Crippen molar-refractivity contribution < 1.29 is 0 Å². The normalized spacial score (nSPS) is 43.2. The molecule has 0 heterocycles. The van der Waals surface area contributed by atoms with Gasteiger partial charge < -0.3 is 0 Å². The molecule has 2 aliphatic rings. The van der Waals surface area contributed by atoms with E-state index in [9.17, 15) is 0 Å². The van der Waals surface area contributed by atoms with Crippen LogP contribution in [0.2, 0.25) is 0 Å². The van der Waals surface area contributed by atoms with Crippen molar-refractivity contribution in [2.24, 2.45) is 17.8 Å². The summed E-state index contributed by atoms with van der Waals surface area (Å²) in [7, 11) is 0. The van der Waals surface area contributed by atoms with E-state index in [1.807, 2.05) is 0 Å². The fourth-order valence-electron chi connectivity index (χ4n) is 3.25. The average molecular weight is 166 g/mol. The van der Waals surface area contributed by atoms with Crippen LogP contribution in [0.3, 0.4) is 0 Å². The first-order valence-corrected chi connectivity index (χ1v) is 5.86. The van der Waals surface area contributed by atoms with Gasteiger partial charge in [-0.1, -0.05) is 51.9 Å². The molecule has 0 N–H and O–H groups in total. The summed E-state index contributed by atoms with van der Waals surface area (Å²) in [6, 6.07) is 0. The average Bonchev–Trinajstić information content (AvgIpc) is 2.45. The molecule has 2 saturated carbocycles. The summed E-state index contributed by atoms with van der Waals surface area (Å²) in [5.74, 6) is 3.29. The fourth-order valence-corrected chi connectivity index (χ4v) is 3.25. The van der Waals surface area contributed by atoms with Gasteiger partial charge in [-0.3, -0.25) is 0 Å². The largest absolute Gasteiger partial charge is 0.0625 e. The van der Waals surface area contributed by atoms with Crippen molar-refractivity contribution in [2.45, 2.75) is 58.3 Å². The molecule has 0 aromatic heterocycles. The number of fused-ring (bicyclic) bond motifs is 1. The molecule has 0 nitrogen and oxygen atoms in total. The monoisotopic (exact) mass is 166 g/mol. The van der Waals surface area contributed by atoms with E-state index in [2.05, 4.69) is 6.92 Å². The second-order valence-electron chi connectivity index (χ2n) is 5.06. The standard InChI is InChI=1S/C12H22/c1-10-4-2-5-11-6-3-7-12(11)9-8-10/h10-12H,2-9H2,1H3. The second-order valence-corrected chi connectivity index (χ2v) is 5.06. The van der Waals surface area contributed by atoms with E-state index < -0.39 is 0 Å². The Balaban J connectivity index is 1.90. The van der Waals surface area contributed by atoms with E-state index in [1.54, 1.807) is 25.7 Å². The molecule has 2 aliphatic carbocycles. The summed E-state index contributed by atoms with van der Waals surface area (Å²) in [5.41, 5.74) is 0. The zero-order chi connectivity index (χ0) is 8.39. The molecule has 0 heteroatoms. The Bertz CT molecular complexity index is 139. The van der Waals surface area contributed by atoms with Gasteiger partial charge in [0.05, 0.1) is 0 Å². The van der Waals surface area contributed by atoms with Crippen molar-refractivity contribution in [3.05, 3.63) is 0 Å². The maximum Gasteiger partial charge on any atom is -0.0386 e. The molecular formula is C12H22. The maximum absolute atomic E-state index is 2.44. The van der Waals surface area contributed by atoms with E-state index in [0.29, 0.717) is 0 Å². The quantitative estimate of drug-likeness (QED) is 0.510. The summed E-state index contributed by atoms with van der Waals surface area (Å²) in [6.45, 7) is 2.44. The lowest BCUT2D eigenvalue weighted by Gasteiger charge is -2.25. The minimum atomic E-state index is 1.02. The Morgan fingerprint density at radius 1 is 0.667 bits per heavy atom.